The summed E-state index contributed by atoms with van der Waals surface area (Å²) in [6, 6.07) is 21.1. The van der Waals surface area contributed by atoms with E-state index in [9.17, 15) is 29.6 Å². The van der Waals surface area contributed by atoms with E-state index in [1.54, 1.807) is 0 Å². The minimum atomic E-state index is -0.374. The molecule has 6 rings (SSSR count). The van der Waals surface area contributed by atoms with Gasteiger partial charge in [-0.25, -0.2) is 0 Å². The molecule has 4 aliphatic heterocycles. The molecule has 0 bridgehead atoms. The van der Waals surface area contributed by atoms with Gasteiger partial charge in [-0.15, -0.1) is 0 Å². The van der Waals surface area contributed by atoms with Crippen LogP contribution >= 0.6 is 0 Å². The minimum Gasteiger partial charge on any atom is -0.342 e. The summed E-state index contributed by atoms with van der Waals surface area (Å²) in [6.07, 6.45) is 18.3. The Morgan fingerprint density at radius 2 is 0.573 bits per heavy atom. The highest BCUT2D eigenvalue weighted by molar-refractivity contribution is 5.49. The van der Waals surface area contributed by atoms with Crippen LogP contribution in [-0.2, 0) is 42.1 Å². The van der Waals surface area contributed by atoms with Gasteiger partial charge in [-0.3, -0.25) is 28.9 Å². The van der Waals surface area contributed by atoms with E-state index in [0.29, 0.717) is 13.2 Å². The molecular formula is C66H112N8O8. The van der Waals surface area contributed by atoms with Crippen LogP contribution in [0.25, 0.3) is 0 Å². The van der Waals surface area contributed by atoms with E-state index >= 15 is 0 Å². The van der Waals surface area contributed by atoms with E-state index < -0.39 is 0 Å². The Hall–Kier alpha value is -4.00. The van der Waals surface area contributed by atoms with Crippen LogP contribution in [0.4, 0.5) is 0 Å². The van der Waals surface area contributed by atoms with Crippen LogP contribution < -0.4 is 0 Å². The van der Waals surface area contributed by atoms with Gasteiger partial charge < -0.3 is 30.0 Å². The number of carbonyl (C=O) groups excluding carboxylic acids is 4. The van der Waals surface area contributed by atoms with Gasteiger partial charge in [-0.2, -0.15) is 20.3 Å². The third-order valence-corrected chi connectivity index (χ3v) is 18.4. The van der Waals surface area contributed by atoms with Gasteiger partial charge in [-0.1, -0.05) is 86.3 Å². The molecule has 82 heavy (non-hydrogen) atoms. The maximum Gasteiger partial charge on any atom is 0.209 e. The van der Waals surface area contributed by atoms with E-state index in [-0.39, 0.29) is 68.5 Å². The zero-order valence-corrected chi connectivity index (χ0v) is 53.9. The smallest absolute Gasteiger partial charge is 0.209 e. The first-order chi connectivity index (χ1) is 38.3. The number of hydroxylamine groups is 8. The summed E-state index contributed by atoms with van der Waals surface area (Å²) in [5.74, 6) is 0. The van der Waals surface area contributed by atoms with E-state index in [0.717, 1.165) is 166 Å². The third kappa shape index (κ3) is 18.5. The highest BCUT2D eigenvalue weighted by atomic mass is 16.7. The molecule has 464 valence electrons. The third-order valence-electron chi connectivity index (χ3n) is 18.4. The van der Waals surface area contributed by atoms with Gasteiger partial charge in [0.05, 0.1) is 13.2 Å². The fourth-order valence-corrected chi connectivity index (χ4v) is 15.1. The standard InChI is InChI=1S/C40H62N4O4.C26H50N4O4/c1-37(2)25-35(26-38(3,4)43(37)47-29-33-19-13-11-14-20-33)41(31-45)23-17-9-10-18-24-42(32-46)36-27-39(5,6)44(40(7,8)28-36)48-30-34-21-15-12-16-22-34;1-23(2)15-21(16-24(3,4)29(23)33)27(19-31)13-11-9-10-12-14-28(20-32)22-17-25(5,6)30(34)26(7,8)18-22/h11-16,19-22,31-32,35-36H,9-10,17-18,23-30H2,1-8H3;19-22,33-34H,9-18H2,1-8H3. The molecule has 0 saturated carbocycles. The lowest BCUT2D eigenvalue weighted by Gasteiger charge is -2.55. The Morgan fingerprint density at radius 3 is 0.780 bits per heavy atom. The molecular weight excluding hydrogens is 1030 g/mol. The van der Waals surface area contributed by atoms with Crippen molar-refractivity contribution < 1.29 is 39.3 Å². The summed E-state index contributed by atoms with van der Waals surface area (Å²) in [7, 11) is 0. The first-order valence-corrected chi connectivity index (χ1v) is 31.0. The highest BCUT2D eigenvalue weighted by Gasteiger charge is 2.51. The van der Waals surface area contributed by atoms with Crippen LogP contribution in [0.2, 0.25) is 0 Å². The predicted molar refractivity (Wildman–Crippen MR) is 326 cm³/mol. The van der Waals surface area contributed by atoms with Gasteiger partial charge in [0, 0.05) is 94.7 Å². The zero-order valence-electron chi connectivity index (χ0n) is 53.9. The Morgan fingerprint density at radius 1 is 0.366 bits per heavy atom. The largest absolute Gasteiger partial charge is 0.342 e. The van der Waals surface area contributed by atoms with Crippen LogP contribution in [-0.4, -0.2) is 171 Å². The van der Waals surface area contributed by atoms with Crippen molar-refractivity contribution in [2.75, 3.05) is 26.2 Å². The maximum atomic E-state index is 12.3. The number of hydrogen-bond acceptors (Lipinski definition) is 12. The summed E-state index contributed by atoms with van der Waals surface area (Å²) in [5.41, 5.74) is -0.0478. The van der Waals surface area contributed by atoms with Crippen molar-refractivity contribution >= 4 is 25.6 Å². The zero-order chi connectivity index (χ0) is 61.0. The van der Waals surface area contributed by atoms with Crippen molar-refractivity contribution in [2.45, 2.75) is 295 Å². The van der Waals surface area contributed by atoms with Gasteiger partial charge in [-0.05, 0) is 199 Å². The monoisotopic (exact) mass is 1140 g/mol. The number of nitrogens with zero attached hydrogens (tertiary/aromatic N) is 8. The average Bonchev–Trinajstić information content (AvgIpc) is 3.55. The SMILES string of the molecule is CC1(C)CC(N(C=O)CCCCCCN(C=O)C2CC(C)(C)N(O)C(C)(C)C2)CC(C)(C)N1O.CC1(C)CC(N(C=O)CCCCCCN(C=O)C2CC(C)(C)N(OCc3ccccc3)C(C)(C)C2)CC(C)(C)N1OCc1ccccc1. The van der Waals surface area contributed by atoms with Crippen LogP contribution in [0, 0.1) is 0 Å². The average molecular weight is 1150 g/mol. The van der Waals surface area contributed by atoms with E-state index in [2.05, 4.69) is 89.8 Å². The number of unbranched alkanes of at least 4 members (excludes halogenated alkanes) is 6. The summed E-state index contributed by atoms with van der Waals surface area (Å²) in [5, 5.41) is 28.3. The van der Waals surface area contributed by atoms with Crippen LogP contribution in [0.5, 0.6) is 0 Å². The number of hydrogen-bond donors (Lipinski definition) is 2. The first kappa shape index (κ1) is 68.8. The van der Waals surface area contributed by atoms with E-state index in [1.807, 2.05) is 111 Å². The Kier molecular flexibility index (Phi) is 24.3. The molecule has 4 heterocycles. The van der Waals surface area contributed by atoms with E-state index in [4.69, 9.17) is 9.68 Å². The van der Waals surface area contributed by atoms with Crippen molar-refractivity contribution in [3.05, 3.63) is 71.8 Å². The molecule has 16 heteroatoms. The summed E-state index contributed by atoms with van der Waals surface area (Å²) in [6.45, 7) is 38.0. The van der Waals surface area contributed by atoms with Crippen molar-refractivity contribution in [3.63, 3.8) is 0 Å². The molecule has 2 N–H and O–H groups in total. The fourth-order valence-electron chi connectivity index (χ4n) is 15.1. The molecule has 0 aliphatic carbocycles. The second-order valence-electron chi connectivity index (χ2n) is 29.7. The van der Waals surface area contributed by atoms with Crippen molar-refractivity contribution in [3.8, 4) is 0 Å². The molecule has 4 saturated heterocycles. The Bertz CT molecular complexity index is 2050. The van der Waals surface area contributed by atoms with Crippen molar-refractivity contribution in [1.82, 2.24) is 39.9 Å². The van der Waals surface area contributed by atoms with Crippen LogP contribution in [0.1, 0.15) is 225 Å². The lowest BCUT2D eigenvalue weighted by molar-refractivity contribution is -0.294. The summed E-state index contributed by atoms with van der Waals surface area (Å²) in [4.78, 5) is 69.0. The fraction of sp³-hybridized carbons (Fsp3) is 0.758. The quantitative estimate of drug-likeness (QED) is 0.0616. The molecule has 4 fully saturated rings. The maximum absolute atomic E-state index is 12.3. The number of piperidine rings is 4. The molecule has 4 aliphatic rings. The molecule has 0 aromatic heterocycles. The minimum absolute atomic E-state index is 0.126. The summed E-state index contributed by atoms with van der Waals surface area (Å²) >= 11 is 0. The Balaban J connectivity index is 0.000000320. The molecule has 2 aromatic carbocycles. The van der Waals surface area contributed by atoms with Crippen LogP contribution in [0.3, 0.4) is 0 Å². The Labute approximate surface area is 496 Å². The molecule has 16 nitrogen and oxygen atoms in total. The molecule has 2 aromatic rings. The van der Waals surface area contributed by atoms with Gasteiger partial charge in [0.25, 0.3) is 0 Å². The van der Waals surface area contributed by atoms with Gasteiger partial charge in [0.15, 0.2) is 0 Å². The topological polar surface area (TPSA) is 153 Å². The number of rotatable bonds is 28. The number of amides is 4. The molecule has 4 amide bonds. The summed E-state index contributed by atoms with van der Waals surface area (Å²) < 4.78 is 0. The van der Waals surface area contributed by atoms with E-state index in [1.165, 1.54) is 10.1 Å². The second kappa shape index (κ2) is 28.9. The number of benzene rings is 2. The molecule has 0 radical (unpaired) electrons. The van der Waals surface area contributed by atoms with Gasteiger partial charge in [0.2, 0.25) is 25.6 Å². The normalized spacial score (nSPS) is 22.8. The molecule has 0 spiro atoms. The number of carbonyl (C=O) groups is 4. The second-order valence-corrected chi connectivity index (χ2v) is 29.7. The molecule has 0 atom stereocenters. The molecule has 0 unspecified atom stereocenters. The lowest BCUT2D eigenvalue weighted by atomic mass is 9.78. The van der Waals surface area contributed by atoms with Crippen LogP contribution in [0.15, 0.2) is 60.7 Å². The van der Waals surface area contributed by atoms with Gasteiger partial charge in [0.1, 0.15) is 0 Å². The van der Waals surface area contributed by atoms with Gasteiger partial charge >= 0.3 is 0 Å². The predicted octanol–water partition coefficient (Wildman–Crippen LogP) is 12.1. The van der Waals surface area contributed by atoms with Crippen molar-refractivity contribution in [2.24, 2.45) is 0 Å². The van der Waals surface area contributed by atoms with Crippen molar-refractivity contribution in [1.29, 1.82) is 0 Å². The first-order valence-electron chi connectivity index (χ1n) is 31.0. The highest BCUT2D eigenvalue weighted by Crippen LogP contribution is 2.44. The lowest BCUT2D eigenvalue weighted by Crippen LogP contribution is -2.63.